The van der Waals surface area contributed by atoms with Gasteiger partial charge in [-0.25, -0.2) is 0 Å². The minimum atomic E-state index is -0.749. The average molecular weight is 306 g/mol. The molecule has 6 heteroatoms. The molecule has 1 fully saturated rings. The number of carbonyl (C=O) groups excluding carboxylic acids is 1. The van der Waals surface area contributed by atoms with E-state index >= 15 is 0 Å². The Morgan fingerprint density at radius 1 is 1.09 bits per heavy atom. The Morgan fingerprint density at radius 3 is 2.45 bits per heavy atom. The summed E-state index contributed by atoms with van der Waals surface area (Å²) in [5.41, 5.74) is 0.509. The Kier molecular flexibility index (Phi) is 5.77. The number of carbonyl (C=O) groups is 2. The van der Waals surface area contributed by atoms with E-state index in [0.29, 0.717) is 25.1 Å². The lowest BCUT2D eigenvalue weighted by atomic mass is 10.1. The third-order valence-electron chi connectivity index (χ3n) is 3.87. The summed E-state index contributed by atoms with van der Waals surface area (Å²) in [6.07, 6.45) is 1.78. The van der Waals surface area contributed by atoms with Gasteiger partial charge in [-0.15, -0.1) is 0 Å². The van der Waals surface area contributed by atoms with Crippen LogP contribution in [-0.2, 0) is 4.79 Å². The fourth-order valence-electron chi connectivity index (χ4n) is 2.61. The van der Waals surface area contributed by atoms with Crippen LogP contribution in [0.5, 0.6) is 5.75 Å². The molecule has 2 rings (SSSR count). The van der Waals surface area contributed by atoms with Crippen molar-refractivity contribution in [2.45, 2.75) is 19.3 Å². The lowest BCUT2D eigenvalue weighted by molar-refractivity contribution is -0.137. The standard InChI is InChI=1S/C16H22N2O4/c19-14-5-3-4-13(12-14)16(22)18-10-8-17(9-11-18)7-2-1-6-15(20)21/h3-5,12,19H,1-2,6-11H2,(H,20,21). The number of hydrogen-bond donors (Lipinski definition) is 2. The van der Waals surface area contributed by atoms with Crippen LogP contribution in [0.4, 0.5) is 0 Å². The van der Waals surface area contributed by atoms with E-state index in [-0.39, 0.29) is 18.1 Å². The van der Waals surface area contributed by atoms with Crippen molar-refractivity contribution in [3.63, 3.8) is 0 Å². The molecule has 0 unspecified atom stereocenters. The first kappa shape index (κ1) is 16.3. The van der Waals surface area contributed by atoms with E-state index in [9.17, 15) is 14.7 Å². The Bertz CT molecular complexity index is 525. The van der Waals surface area contributed by atoms with Crippen LogP contribution in [0.1, 0.15) is 29.6 Å². The van der Waals surface area contributed by atoms with Gasteiger partial charge in [0.2, 0.25) is 0 Å². The lowest BCUT2D eigenvalue weighted by Gasteiger charge is -2.34. The number of phenols is 1. The number of carboxylic acid groups (broad SMARTS) is 1. The topological polar surface area (TPSA) is 81.1 Å². The second kappa shape index (κ2) is 7.79. The van der Waals surface area contributed by atoms with Crippen LogP contribution in [0.3, 0.4) is 0 Å². The van der Waals surface area contributed by atoms with Gasteiger partial charge in [-0.2, -0.15) is 0 Å². The molecule has 120 valence electrons. The molecule has 1 aliphatic heterocycles. The van der Waals surface area contributed by atoms with Crippen LogP contribution in [0.15, 0.2) is 24.3 Å². The van der Waals surface area contributed by atoms with Crippen LogP contribution in [0.25, 0.3) is 0 Å². The first-order chi connectivity index (χ1) is 10.6. The van der Waals surface area contributed by atoms with E-state index in [1.807, 2.05) is 0 Å². The van der Waals surface area contributed by atoms with Gasteiger partial charge in [0.25, 0.3) is 5.91 Å². The highest BCUT2D eigenvalue weighted by atomic mass is 16.4. The summed E-state index contributed by atoms with van der Waals surface area (Å²) in [5.74, 6) is -0.703. The SMILES string of the molecule is O=C(O)CCCCN1CCN(C(=O)c2cccc(O)c2)CC1. The van der Waals surface area contributed by atoms with Crippen LogP contribution in [-0.4, -0.2) is 64.6 Å². The van der Waals surface area contributed by atoms with Crippen molar-refractivity contribution in [3.05, 3.63) is 29.8 Å². The van der Waals surface area contributed by atoms with Gasteiger partial charge >= 0.3 is 5.97 Å². The van der Waals surface area contributed by atoms with Crippen molar-refractivity contribution in [3.8, 4) is 5.75 Å². The summed E-state index contributed by atoms with van der Waals surface area (Å²) >= 11 is 0. The molecule has 0 aliphatic carbocycles. The van der Waals surface area contributed by atoms with Crippen molar-refractivity contribution >= 4 is 11.9 Å². The largest absolute Gasteiger partial charge is 0.508 e. The number of rotatable bonds is 6. The molecule has 1 saturated heterocycles. The lowest BCUT2D eigenvalue weighted by Crippen LogP contribution is -2.48. The molecule has 1 amide bonds. The van der Waals surface area contributed by atoms with Crippen molar-refractivity contribution in [1.82, 2.24) is 9.80 Å². The van der Waals surface area contributed by atoms with Crippen LogP contribution >= 0.6 is 0 Å². The van der Waals surface area contributed by atoms with Gasteiger partial charge in [0.05, 0.1) is 0 Å². The number of piperazine rings is 1. The third kappa shape index (κ3) is 4.73. The highest BCUT2D eigenvalue weighted by Crippen LogP contribution is 2.14. The van der Waals surface area contributed by atoms with Gasteiger partial charge in [0.15, 0.2) is 0 Å². The Morgan fingerprint density at radius 2 is 1.82 bits per heavy atom. The number of benzene rings is 1. The monoisotopic (exact) mass is 306 g/mol. The van der Waals surface area contributed by atoms with E-state index in [1.54, 1.807) is 23.1 Å². The van der Waals surface area contributed by atoms with Gasteiger partial charge < -0.3 is 15.1 Å². The first-order valence-electron chi connectivity index (χ1n) is 7.59. The summed E-state index contributed by atoms with van der Waals surface area (Å²) in [6, 6.07) is 6.41. The maximum atomic E-state index is 12.3. The van der Waals surface area contributed by atoms with Crippen LogP contribution in [0, 0.1) is 0 Å². The zero-order valence-electron chi connectivity index (χ0n) is 12.6. The zero-order chi connectivity index (χ0) is 15.9. The quantitative estimate of drug-likeness (QED) is 0.777. The maximum Gasteiger partial charge on any atom is 0.303 e. The van der Waals surface area contributed by atoms with E-state index in [0.717, 1.165) is 26.1 Å². The number of phenolic OH excluding ortho intramolecular Hbond substituents is 1. The minimum Gasteiger partial charge on any atom is -0.508 e. The van der Waals surface area contributed by atoms with Crippen molar-refractivity contribution in [1.29, 1.82) is 0 Å². The molecule has 0 spiro atoms. The second-order valence-electron chi connectivity index (χ2n) is 5.54. The molecule has 1 aliphatic rings. The van der Waals surface area contributed by atoms with Crippen LogP contribution < -0.4 is 0 Å². The Hall–Kier alpha value is -2.08. The molecule has 0 bridgehead atoms. The third-order valence-corrected chi connectivity index (χ3v) is 3.87. The van der Waals surface area contributed by atoms with E-state index in [2.05, 4.69) is 4.90 Å². The summed E-state index contributed by atoms with van der Waals surface area (Å²) in [7, 11) is 0. The molecule has 0 radical (unpaired) electrons. The molecule has 0 saturated carbocycles. The molecule has 1 aromatic carbocycles. The molecule has 0 aromatic heterocycles. The summed E-state index contributed by atoms with van der Waals surface area (Å²) in [4.78, 5) is 26.8. The number of carboxylic acids is 1. The van der Waals surface area contributed by atoms with E-state index < -0.39 is 5.97 Å². The number of nitrogens with zero attached hydrogens (tertiary/aromatic N) is 2. The maximum absolute atomic E-state index is 12.3. The average Bonchev–Trinajstić information content (AvgIpc) is 2.51. The van der Waals surface area contributed by atoms with Gasteiger partial charge in [0, 0.05) is 38.2 Å². The summed E-state index contributed by atoms with van der Waals surface area (Å²) in [6.45, 7) is 3.80. The first-order valence-corrected chi connectivity index (χ1v) is 7.59. The van der Waals surface area contributed by atoms with Crippen LogP contribution in [0.2, 0.25) is 0 Å². The van der Waals surface area contributed by atoms with Crippen molar-refractivity contribution < 1.29 is 19.8 Å². The molecule has 1 aromatic rings. The molecular formula is C16H22N2O4. The minimum absolute atomic E-state index is 0.0542. The smallest absolute Gasteiger partial charge is 0.303 e. The van der Waals surface area contributed by atoms with Crippen molar-refractivity contribution in [2.75, 3.05) is 32.7 Å². The molecular weight excluding hydrogens is 284 g/mol. The molecule has 2 N–H and O–H groups in total. The Balaban J connectivity index is 1.75. The van der Waals surface area contributed by atoms with Gasteiger partial charge in [-0.05, 0) is 37.6 Å². The van der Waals surface area contributed by atoms with Gasteiger partial charge in [-0.1, -0.05) is 6.07 Å². The van der Waals surface area contributed by atoms with Crippen molar-refractivity contribution in [2.24, 2.45) is 0 Å². The van der Waals surface area contributed by atoms with Gasteiger partial charge in [0.1, 0.15) is 5.75 Å². The highest BCUT2D eigenvalue weighted by Gasteiger charge is 2.21. The predicted octanol–water partition coefficient (Wildman–Crippen LogP) is 1.40. The zero-order valence-corrected chi connectivity index (χ0v) is 12.6. The number of amides is 1. The molecule has 0 atom stereocenters. The predicted molar refractivity (Wildman–Crippen MR) is 81.9 cm³/mol. The highest BCUT2D eigenvalue weighted by molar-refractivity contribution is 5.94. The number of aromatic hydroxyl groups is 1. The summed E-state index contributed by atoms with van der Waals surface area (Å²) in [5, 5.41) is 18.0. The molecule has 22 heavy (non-hydrogen) atoms. The fraction of sp³-hybridized carbons (Fsp3) is 0.500. The molecule has 1 heterocycles. The molecule has 6 nitrogen and oxygen atoms in total. The normalized spacial score (nSPS) is 15.7. The van der Waals surface area contributed by atoms with Gasteiger partial charge in [-0.3, -0.25) is 14.5 Å². The summed E-state index contributed by atoms with van der Waals surface area (Å²) < 4.78 is 0. The Labute approximate surface area is 130 Å². The number of unbranched alkanes of at least 4 members (excludes halogenated alkanes) is 1. The number of aliphatic carboxylic acids is 1. The fourth-order valence-corrected chi connectivity index (χ4v) is 2.61. The van der Waals surface area contributed by atoms with E-state index in [4.69, 9.17) is 5.11 Å². The second-order valence-corrected chi connectivity index (χ2v) is 5.54. The number of hydrogen-bond acceptors (Lipinski definition) is 4. The van der Waals surface area contributed by atoms with E-state index in [1.165, 1.54) is 6.07 Å².